The number of aryl methyl sites for hydroxylation is 1. The van der Waals surface area contributed by atoms with Crippen LogP contribution in [0.2, 0.25) is 5.02 Å². The van der Waals surface area contributed by atoms with E-state index in [-0.39, 0.29) is 24.3 Å². The number of aliphatic hydroxyl groups excluding tert-OH is 1. The largest absolute Gasteiger partial charge is 0.391 e. The van der Waals surface area contributed by atoms with Crippen LogP contribution in [0.5, 0.6) is 0 Å². The van der Waals surface area contributed by atoms with Gasteiger partial charge in [-0.25, -0.2) is 9.07 Å². The van der Waals surface area contributed by atoms with E-state index < -0.39 is 6.10 Å². The Morgan fingerprint density at radius 2 is 2.12 bits per heavy atom. The molecule has 0 spiro atoms. The molecule has 0 amide bonds. The number of fused-ring (bicyclic) bond motifs is 1. The van der Waals surface area contributed by atoms with E-state index in [0.717, 1.165) is 10.2 Å². The summed E-state index contributed by atoms with van der Waals surface area (Å²) in [7, 11) is 0. The number of nitrogens with zero attached hydrogens (tertiary/aromatic N) is 3. The molecule has 24 heavy (non-hydrogen) atoms. The Balaban J connectivity index is 1.82. The Morgan fingerprint density at radius 3 is 2.88 bits per heavy atom. The molecule has 124 valence electrons. The Labute approximate surface area is 142 Å². The fraction of sp³-hybridized carbons (Fsp3) is 0.235. The third-order valence-corrected chi connectivity index (χ3v) is 4.09. The SMILES string of the molecule is Cc1cc(CC(O)Cn2nnc3c(Cl)cccc3c2=O)ccc1F. The number of hydrogen-bond donors (Lipinski definition) is 1. The van der Waals surface area contributed by atoms with E-state index in [9.17, 15) is 14.3 Å². The van der Waals surface area contributed by atoms with Crippen molar-refractivity contribution in [3.63, 3.8) is 0 Å². The molecule has 0 aliphatic rings. The molecule has 7 heteroatoms. The van der Waals surface area contributed by atoms with E-state index in [4.69, 9.17) is 11.6 Å². The lowest BCUT2D eigenvalue weighted by Crippen LogP contribution is -2.30. The minimum atomic E-state index is -0.849. The number of halogens is 2. The molecule has 0 aliphatic heterocycles. The van der Waals surface area contributed by atoms with Gasteiger partial charge in [-0.05, 0) is 36.2 Å². The lowest BCUT2D eigenvalue weighted by atomic mass is 10.1. The number of rotatable bonds is 4. The Hall–Kier alpha value is -2.31. The minimum absolute atomic E-state index is 0.00922. The second-order valence-corrected chi connectivity index (χ2v) is 6.06. The van der Waals surface area contributed by atoms with Gasteiger partial charge in [0.2, 0.25) is 0 Å². The number of aromatic nitrogens is 3. The zero-order valence-electron chi connectivity index (χ0n) is 12.9. The molecule has 0 radical (unpaired) electrons. The van der Waals surface area contributed by atoms with E-state index in [1.807, 2.05) is 0 Å². The van der Waals surface area contributed by atoms with Crippen molar-refractivity contribution in [2.24, 2.45) is 0 Å². The predicted octanol–water partition coefficient (Wildman–Crippen LogP) is 2.50. The lowest BCUT2D eigenvalue weighted by molar-refractivity contribution is 0.146. The fourth-order valence-electron chi connectivity index (χ4n) is 2.56. The maximum Gasteiger partial charge on any atom is 0.277 e. The van der Waals surface area contributed by atoms with Crippen LogP contribution in [0.4, 0.5) is 4.39 Å². The molecular formula is C17H15ClFN3O2. The van der Waals surface area contributed by atoms with E-state index in [2.05, 4.69) is 10.3 Å². The second kappa shape index (κ2) is 6.67. The lowest BCUT2D eigenvalue weighted by Gasteiger charge is -2.12. The van der Waals surface area contributed by atoms with Crippen LogP contribution >= 0.6 is 11.6 Å². The van der Waals surface area contributed by atoms with Gasteiger partial charge in [0.25, 0.3) is 5.56 Å². The number of hydrogen-bond acceptors (Lipinski definition) is 4. The first-order valence-electron chi connectivity index (χ1n) is 7.41. The quantitative estimate of drug-likeness (QED) is 0.787. The normalized spacial score (nSPS) is 12.5. The Bertz CT molecular complexity index is 958. The zero-order valence-corrected chi connectivity index (χ0v) is 13.7. The van der Waals surface area contributed by atoms with Gasteiger partial charge in [-0.1, -0.05) is 35.0 Å². The van der Waals surface area contributed by atoms with Crippen molar-refractivity contribution >= 4 is 22.5 Å². The topological polar surface area (TPSA) is 68.0 Å². The maximum atomic E-state index is 13.3. The van der Waals surface area contributed by atoms with Crippen molar-refractivity contribution in [3.8, 4) is 0 Å². The molecular weight excluding hydrogens is 333 g/mol. The van der Waals surface area contributed by atoms with Gasteiger partial charge in [-0.2, -0.15) is 0 Å². The zero-order chi connectivity index (χ0) is 17.3. The Morgan fingerprint density at radius 1 is 1.33 bits per heavy atom. The summed E-state index contributed by atoms with van der Waals surface area (Å²) in [6, 6.07) is 9.56. The molecule has 5 nitrogen and oxygen atoms in total. The molecule has 0 bridgehead atoms. The fourth-order valence-corrected chi connectivity index (χ4v) is 2.77. The molecule has 3 aromatic rings. The average Bonchev–Trinajstić information content (AvgIpc) is 2.54. The predicted molar refractivity (Wildman–Crippen MR) is 89.7 cm³/mol. The van der Waals surface area contributed by atoms with Crippen LogP contribution in [0, 0.1) is 12.7 Å². The molecule has 0 saturated carbocycles. The van der Waals surface area contributed by atoms with Gasteiger partial charge in [-0.3, -0.25) is 4.79 Å². The second-order valence-electron chi connectivity index (χ2n) is 5.65. The number of aliphatic hydroxyl groups is 1. The number of benzene rings is 2. The van der Waals surface area contributed by atoms with Gasteiger partial charge in [0.15, 0.2) is 0 Å². The van der Waals surface area contributed by atoms with Gasteiger partial charge >= 0.3 is 0 Å². The molecule has 1 heterocycles. The molecule has 1 aromatic heterocycles. The van der Waals surface area contributed by atoms with E-state index in [1.165, 1.54) is 6.07 Å². The third kappa shape index (κ3) is 3.29. The summed E-state index contributed by atoms with van der Waals surface area (Å²) in [4.78, 5) is 12.4. The monoisotopic (exact) mass is 347 g/mol. The third-order valence-electron chi connectivity index (χ3n) is 3.78. The van der Waals surface area contributed by atoms with Crippen molar-refractivity contribution in [1.82, 2.24) is 15.0 Å². The van der Waals surface area contributed by atoms with Gasteiger partial charge in [0, 0.05) is 6.42 Å². The van der Waals surface area contributed by atoms with Gasteiger partial charge in [-0.15, -0.1) is 5.10 Å². The van der Waals surface area contributed by atoms with Gasteiger partial charge in [0.1, 0.15) is 11.3 Å². The van der Waals surface area contributed by atoms with Crippen molar-refractivity contribution in [2.45, 2.75) is 26.0 Å². The summed E-state index contributed by atoms with van der Waals surface area (Å²) in [5.41, 5.74) is 1.27. The van der Waals surface area contributed by atoms with Crippen LogP contribution in [-0.2, 0) is 13.0 Å². The summed E-state index contributed by atoms with van der Waals surface area (Å²) in [6.45, 7) is 1.65. The highest BCUT2D eigenvalue weighted by atomic mass is 35.5. The van der Waals surface area contributed by atoms with Gasteiger partial charge < -0.3 is 5.11 Å². The van der Waals surface area contributed by atoms with Gasteiger partial charge in [0.05, 0.1) is 23.1 Å². The van der Waals surface area contributed by atoms with Crippen LogP contribution in [-0.4, -0.2) is 26.2 Å². The molecule has 3 rings (SSSR count). The first-order valence-corrected chi connectivity index (χ1v) is 7.78. The summed E-state index contributed by atoms with van der Waals surface area (Å²) in [5.74, 6) is -0.290. The van der Waals surface area contributed by atoms with Crippen molar-refractivity contribution < 1.29 is 9.50 Å². The van der Waals surface area contributed by atoms with Crippen LogP contribution in [0.25, 0.3) is 10.9 Å². The molecule has 0 saturated heterocycles. The van der Waals surface area contributed by atoms with E-state index in [0.29, 0.717) is 21.5 Å². The van der Waals surface area contributed by atoms with Crippen molar-refractivity contribution in [1.29, 1.82) is 0 Å². The smallest absolute Gasteiger partial charge is 0.277 e. The standard InChI is InChI=1S/C17H15ClFN3O2/c1-10-7-11(5-6-15(10)19)8-12(23)9-22-17(24)13-3-2-4-14(18)16(13)20-21-22/h2-7,12,23H,8-9H2,1H3. The van der Waals surface area contributed by atoms with Crippen LogP contribution in [0.15, 0.2) is 41.2 Å². The molecule has 2 aromatic carbocycles. The highest BCUT2D eigenvalue weighted by molar-refractivity contribution is 6.34. The highest BCUT2D eigenvalue weighted by Crippen LogP contribution is 2.17. The maximum absolute atomic E-state index is 13.3. The summed E-state index contributed by atoms with van der Waals surface area (Å²) in [5, 5.41) is 18.7. The summed E-state index contributed by atoms with van der Waals surface area (Å²) in [6.07, 6.45) is -0.568. The van der Waals surface area contributed by atoms with E-state index in [1.54, 1.807) is 37.3 Å². The summed E-state index contributed by atoms with van der Waals surface area (Å²) < 4.78 is 14.4. The molecule has 1 N–H and O–H groups in total. The Kier molecular flexibility index (Phi) is 4.59. The minimum Gasteiger partial charge on any atom is -0.391 e. The van der Waals surface area contributed by atoms with Crippen LogP contribution < -0.4 is 5.56 Å². The van der Waals surface area contributed by atoms with Crippen molar-refractivity contribution in [2.75, 3.05) is 0 Å². The summed E-state index contributed by atoms with van der Waals surface area (Å²) >= 11 is 5.99. The molecule has 1 unspecified atom stereocenters. The molecule has 0 aliphatic carbocycles. The highest BCUT2D eigenvalue weighted by Gasteiger charge is 2.13. The first kappa shape index (κ1) is 16.5. The van der Waals surface area contributed by atoms with Crippen LogP contribution in [0.1, 0.15) is 11.1 Å². The van der Waals surface area contributed by atoms with Crippen molar-refractivity contribution in [3.05, 3.63) is 68.7 Å². The average molecular weight is 348 g/mol. The first-order chi connectivity index (χ1) is 11.5. The molecule has 0 fully saturated rings. The van der Waals surface area contributed by atoms with Crippen LogP contribution in [0.3, 0.4) is 0 Å². The molecule has 1 atom stereocenters. The van der Waals surface area contributed by atoms with E-state index >= 15 is 0 Å².